The maximum atomic E-state index is 12.1. The zero-order chi connectivity index (χ0) is 13.9. The van der Waals surface area contributed by atoms with Gasteiger partial charge in [-0.1, -0.05) is 0 Å². The van der Waals surface area contributed by atoms with Crippen LogP contribution < -0.4 is 5.32 Å². The lowest BCUT2D eigenvalue weighted by atomic mass is 10.1. The molecule has 2 atom stereocenters. The standard InChI is InChI=1S/C15H22N2O2S/c1-10-9-16-15(20-10)14(11-4-5-11)17-13(18)7-6-12-3-2-8-19-12/h9,11-12,14H,2-8H2,1H3,(H,17,18)/t12-,14-/m0/s1. The molecular formula is C15H22N2O2S. The van der Waals surface area contributed by atoms with Crippen molar-refractivity contribution in [1.82, 2.24) is 10.3 Å². The van der Waals surface area contributed by atoms with Gasteiger partial charge in [0.2, 0.25) is 5.91 Å². The van der Waals surface area contributed by atoms with E-state index in [9.17, 15) is 4.79 Å². The summed E-state index contributed by atoms with van der Waals surface area (Å²) in [7, 11) is 0. The van der Waals surface area contributed by atoms with Gasteiger partial charge in [0.1, 0.15) is 5.01 Å². The summed E-state index contributed by atoms with van der Waals surface area (Å²) in [5.74, 6) is 0.734. The van der Waals surface area contributed by atoms with Gasteiger partial charge in [0.05, 0.1) is 12.1 Å². The first-order chi connectivity index (χ1) is 9.72. The highest BCUT2D eigenvalue weighted by molar-refractivity contribution is 7.11. The molecule has 2 fully saturated rings. The van der Waals surface area contributed by atoms with E-state index < -0.39 is 0 Å². The van der Waals surface area contributed by atoms with E-state index in [1.165, 1.54) is 17.7 Å². The Morgan fingerprint density at radius 3 is 3.00 bits per heavy atom. The minimum Gasteiger partial charge on any atom is -0.378 e. The van der Waals surface area contributed by atoms with E-state index in [0.29, 0.717) is 18.4 Å². The van der Waals surface area contributed by atoms with Crippen LogP contribution in [0.4, 0.5) is 0 Å². The van der Waals surface area contributed by atoms with Crippen molar-refractivity contribution in [3.63, 3.8) is 0 Å². The lowest BCUT2D eigenvalue weighted by Gasteiger charge is -2.16. The van der Waals surface area contributed by atoms with E-state index in [0.717, 1.165) is 30.9 Å². The molecule has 3 rings (SSSR count). The van der Waals surface area contributed by atoms with Gasteiger partial charge in [0.15, 0.2) is 0 Å². The summed E-state index contributed by atoms with van der Waals surface area (Å²) >= 11 is 1.70. The van der Waals surface area contributed by atoms with Crippen molar-refractivity contribution >= 4 is 17.2 Å². The molecule has 1 N–H and O–H groups in total. The molecule has 1 amide bonds. The van der Waals surface area contributed by atoms with Gasteiger partial charge in [-0.05, 0) is 44.9 Å². The molecule has 0 spiro atoms. The van der Waals surface area contributed by atoms with Crippen molar-refractivity contribution in [2.45, 2.75) is 57.6 Å². The van der Waals surface area contributed by atoms with E-state index in [-0.39, 0.29) is 11.9 Å². The van der Waals surface area contributed by atoms with Crippen molar-refractivity contribution < 1.29 is 9.53 Å². The number of hydrogen-bond acceptors (Lipinski definition) is 4. The predicted octanol–water partition coefficient (Wildman–Crippen LogP) is 2.98. The molecule has 20 heavy (non-hydrogen) atoms. The molecule has 1 saturated carbocycles. The van der Waals surface area contributed by atoms with E-state index >= 15 is 0 Å². The summed E-state index contributed by atoms with van der Waals surface area (Å²) in [6.07, 6.45) is 8.25. The molecule has 1 saturated heterocycles. The zero-order valence-electron chi connectivity index (χ0n) is 11.9. The van der Waals surface area contributed by atoms with E-state index in [4.69, 9.17) is 4.74 Å². The van der Waals surface area contributed by atoms with E-state index in [1.807, 2.05) is 6.20 Å². The van der Waals surface area contributed by atoms with Gasteiger partial charge in [0, 0.05) is 24.1 Å². The van der Waals surface area contributed by atoms with Crippen molar-refractivity contribution in [1.29, 1.82) is 0 Å². The first-order valence-corrected chi connectivity index (χ1v) is 8.37. The number of ether oxygens (including phenoxy) is 1. The quantitative estimate of drug-likeness (QED) is 0.877. The van der Waals surface area contributed by atoms with Gasteiger partial charge in [-0.15, -0.1) is 11.3 Å². The van der Waals surface area contributed by atoms with Crippen molar-refractivity contribution in [3.8, 4) is 0 Å². The van der Waals surface area contributed by atoms with E-state index in [1.54, 1.807) is 11.3 Å². The number of nitrogens with one attached hydrogen (secondary N) is 1. The first kappa shape index (κ1) is 14.0. The Morgan fingerprint density at radius 2 is 2.40 bits per heavy atom. The molecule has 0 bridgehead atoms. The number of nitrogens with zero attached hydrogens (tertiary/aromatic N) is 1. The van der Waals surface area contributed by atoms with Crippen LogP contribution in [0.15, 0.2) is 6.20 Å². The summed E-state index contributed by atoms with van der Waals surface area (Å²) < 4.78 is 5.57. The number of aryl methyl sites for hydroxylation is 1. The van der Waals surface area contributed by atoms with Gasteiger partial charge in [0.25, 0.3) is 0 Å². The Labute approximate surface area is 123 Å². The van der Waals surface area contributed by atoms with Crippen LogP contribution in [0.25, 0.3) is 0 Å². The molecule has 1 aromatic heterocycles. The van der Waals surface area contributed by atoms with Crippen molar-refractivity contribution in [2.24, 2.45) is 5.92 Å². The Kier molecular flexibility index (Phi) is 4.36. The number of carbonyl (C=O) groups excluding carboxylic acids is 1. The summed E-state index contributed by atoms with van der Waals surface area (Å²) in [6, 6.07) is 0.130. The van der Waals surface area contributed by atoms with Crippen molar-refractivity contribution in [3.05, 3.63) is 16.1 Å². The Bertz CT molecular complexity index is 464. The molecule has 4 nitrogen and oxygen atoms in total. The lowest BCUT2D eigenvalue weighted by molar-refractivity contribution is -0.122. The third-order valence-corrected chi connectivity index (χ3v) is 5.03. The largest absolute Gasteiger partial charge is 0.378 e. The molecule has 2 heterocycles. The molecule has 5 heteroatoms. The average Bonchev–Trinajstić information content (AvgIpc) is 2.96. The minimum absolute atomic E-state index is 0.130. The van der Waals surface area contributed by atoms with E-state index in [2.05, 4.69) is 17.2 Å². The second-order valence-corrected chi connectivity index (χ2v) is 7.13. The van der Waals surface area contributed by atoms with Gasteiger partial charge in [-0.3, -0.25) is 4.79 Å². The summed E-state index contributed by atoms with van der Waals surface area (Å²) in [6.45, 7) is 2.92. The molecule has 1 aromatic rings. The minimum atomic E-state index is 0.130. The Hall–Kier alpha value is -0.940. The third-order valence-electron chi connectivity index (χ3n) is 4.03. The molecule has 0 radical (unpaired) electrons. The number of aromatic nitrogens is 1. The highest BCUT2D eigenvalue weighted by atomic mass is 32.1. The average molecular weight is 294 g/mol. The normalized spacial score (nSPS) is 23.8. The van der Waals surface area contributed by atoms with Gasteiger partial charge in [-0.2, -0.15) is 0 Å². The van der Waals surface area contributed by atoms with Gasteiger partial charge in [-0.25, -0.2) is 4.98 Å². The van der Waals surface area contributed by atoms with Crippen LogP contribution in [0.5, 0.6) is 0 Å². The molecule has 0 aromatic carbocycles. The number of amides is 1. The third kappa shape index (κ3) is 3.58. The Balaban J connectivity index is 1.52. The van der Waals surface area contributed by atoms with Gasteiger partial charge < -0.3 is 10.1 Å². The van der Waals surface area contributed by atoms with Crippen LogP contribution in [-0.4, -0.2) is 23.6 Å². The fourth-order valence-electron chi connectivity index (χ4n) is 2.74. The summed E-state index contributed by atoms with van der Waals surface area (Å²) in [5, 5.41) is 4.25. The molecule has 110 valence electrons. The molecule has 2 aliphatic rings. The monoisotopic (exact) mass is 294 g/mol. The highest BCUT2D eigenvalue weighted by Gasteiger charge is 2.35. The second kappa shape index (κ2) is 6.22. The molecule has 1 aliphatic heterocycles. The molecular weight excluding hydrogens is 272 g/mol. The summed E-state index contributed by atoms with van der Waals surface area (Å²) in [4.78, 5) is 17.8. The number of carbonyl (C=O) groups is 1. The van der Waals surface area contributed by atoms with Crippen LogP contribution in [0.2, 0.25) is 0 Å². The Morgan fingerprint density at radius 1 is 1.55 bits per heavy atom. The summed E-state index contributed by atoms with van der Waals surface area (Å²) in [5.41, 5.74) is 0. The maximum absolute atomic E-state index is 12.1. The molecule has 0 unspecified atom stereocenters. The molecule has 1 aliphatic carbocycles. The lowest BCUT2D eigenvalue weighted by Crippen LogP contribution is -2.30. The first-order valence-electron chi connectivity index (χ1n) is 7.55. The second-order valence-electron chi connectivity index (χ2n) is 5.87. The highest BCUT2D eigenvalue weighted by Crippen LogP contribution is 2.42. The maximum Gasteiger partial charge on any atom is 0.220 e. The fourth-order valence-corrected chi connectivity index (χ4v) is 3.66. The van der Waals surface area contributed by atoms with Crippen molar-refractivity contribution in [2.75, 3.05) is 6.61 Å². The zero-order valence-corrected chi connectivity index (χ0v) is 12.7. The van der Waals surface area contributed by atoms with Crippen LogP contribution in [-0.2, 0) is 9.53 Å². The van der Waals surface area contributed by atoms with Crippen LogP contribution >= 0.6 is 11.3 Å². The smallest absolute Gasteiger partial charge is 0.220 e. The number of thiazole rings is 1. The van der Waals surface area contributed by atoms with Crippen LogP contribution in [0.3, 0.4) is 0 Å². The number of rotatable bonds is 6. The number of hydrogen-bond donors (Lipinski definition) is 1. The van der Waals surface area contributed by atoms with Gasteiger partial charge >= 0.3 is 0 Å². The van der Waals surface area contributed by atoms with Crippen LogP contribution in [0, 0.1) is 12.8 Å². The fraction of sp³-hybridized carbons (Fsp3) is 0.733. The SMILES string of the molecule is Cc1cnc([C@@H](NC(=O)CC[C@@H]2CCCO2)C2CC2)s1. The van der Waals surface area contributed by atoms with Crippen LogP contribution in [0.1, 0.15) is 54.5 Å². The predicted molar refractivity (Wildman–Crippen MR) is 78.7 cm³/mol. The topological polar surface area (TPSA) is 51.2 Å².